The first-order valence-corrected chi connectivity index (χ1v) is 20.9. The number of likely N-dealkylation sites (N-methyl/N-ethyl adjacent to an activating group) is 1. The number of aliphatic imine (C=N–C) groups is 1. The molecule has 1 aliphatic carbocycles. The summed E-state index contributed by atoms with van der Waals surface area (Å²) >= 11 is 0. The third kappa shape index (κ3) is 12.0. The highest BCUT2D eigenvalue weighted by atomic mass is 16.2. The van der Waals surface area contributed by atoms with Gasteiger partial charge in [-0.15, -0.1) is 0 Å². The van der Waals surface area contributed by atoms with Gasteiger partial charge in [0.15, 0.2) is 0 Å². The average molecular weight is 842 g/mol. The first-order valence-electron chi connectivity index (χ1n) is 20.9. The van der Waals surface area contributed by atoms with Crippen LogP contribution in [0, 0.1) is 24.2 Å². The number of carbonyl (C=O) groups excluding carboxylic acids is 6. The molecule has 0 bridgehead atoms. The van der Waals surface area contributed by atoms with Crippen LogP contribution in [0.4, 0.5) is 10.5 Å². The van der Waals surface area contributed by atoms with E-state index < -0.39 is 53.3 Å². The van der Waals surface area contributed by atoms with Gasteiger partial charge < -0.3 is 36.5 Å². The van der Waals surface area contributed by atoms with Crippen LogP contribution in [0.3, 0.4) is 0 Å². The highest BCUT2D eigenvalue weighted by Crippen LogP contribution is 2.34. The number of aryl methyl sites for hydroxylation is 1. The highest BCUT2D eigenvalue weighted by Gasteiger charge is 2.49. The molecule has 2 fully saturated rings. The standard InChI is InChI=1S/C44H63N11O6/c1-10-11-14-31(18-22-54-26-32(24-45)37(53(9)43(54)61)48-27-47-33-17-16-30(6)46-25-33)38(56)50-36(29(4)5)41(59)55-21-12-15-35(55)39(57)51-44(19-13-20-44)42(60)49-34(23-28(2)3)40(58)52(7)8/h10-11,14,16-18,22,24-25,27-29,34-36,45H,12-13,15,19-21,23,26H2,1-9H3,(H,47,48)(H,49,60)(H,50,56)(H,51,57)/b11-10+,22-18+,31-14+,45-24?/t34-,35-,36-/m0/s1. The summed E-state index contributed by atoms with van der Waals surface area (Å²) in [6.45, 7) is 11.5. The number of rotatable bonds is 18. The Morgan fingerprint density at radius 3 is 2.38 bits per heavy atom. The summed E-state index contributed by atoms with van der Waals surface area (Å²) in [5.41, 5.74) is 0.985. The van der Waals surface area contributed by atoms with Crippen molar-refractivity contribution in [2.24, 2.45) is 16.8 Å². The molecule has 1 aromatic rings. The van der Waals surface area contributed by atoms with Gasteiger partial charge in [-0.05, 0) is 88.5 Å². The van der Waals surface area contributed by atoms with Gasteiger partial charge in [0, 0.05) is 56.9 Å². The van der Waals surface area contributed by atoms with Crippen LogP contribution in [0.2, 0.25) is 0 Å². The van der Waals surface area contributed by atoms with Crippen molar-refractivity contribution in [3.05, 3.63) is 71.5 Å². The molecule has 4 rings (SSSR count). The van der Waals surface area contributed by atoms with Gasteiger partial charge in [-0.3, -0.25) is 38.8 Å². The third-order valence-electron chi connectivity index (χ3n) is 11.0. The molecule has 0 aromatic carbocycles. The Bertz CT molecular complexity index is 1960. The zero-order valence-electron chi connectivity index (χ0n) is 36.9. The van der Waals surface area contributed by atoms with Gasteiger partial charge in [-0.1, -0.05) is 39.8 Å². The number of anilines is 1. The van der Waals surface area contributed by atoms with E-state index in [1.807, 2.05) is 32.9 Å². The van der Waals surface area contributed by atoms with Crippen LogP contribution < -0.4 is 21.3 Å². The molecule has 5 N–H and O–H groups in total. The summed E-state index contributed by atoms with van der Waals surface area (Å²) in [5, 5.41) is 19.8. The fourth-order valence-corrected chi connectivity index (χ4v) is 7.29. The Balaban J connectivity index is 1.47. The summed E-state index contributed by atoms with van der Waals surface area (Å²) in [4.78, 5) is 96.5. The predicted octanol–water partition coefficient (Wildman–Crippen LogP) is 3.86. The summed E-state index contributed by atoms with van der Waals surface area (Å²) in [7, 11) is 4.81. The number of aromatic nitrogens is 1. The molecule has 17 heteroatoms. The Hall–Kier alpha value is -6.13. The SMILES string of the molecule is C/C=C/C=C(\C=C\N1CC(C=N)=C(/N=C/Nc2ccc(C)nc2)N(C)C1=O)C(=O)N[C@H](C(=O)N1CCC[C@H]1C(=O)NC1(C(=O)N[C@@H](CC(C)C)C(=O)N(C)C)CCC1)C(C)C. The van der Waals surface area contributed by atoms with Crippen LogP contribution >= 0.6 is 0 Å². The van der Waals surface area contributed by atoms with Crippen molar-refractivity contribution in [2.45, 2.75) is 104 Å². The number of likely N-dealkylation sites (tertiary alicyclic amines) is 1. The number of urea groups is 1. The molecular weight excluding hydrogens is 779 g/mol. The second-order valence-electron chi connectivity index (χ2n) is 16.7. The normalized spacial score (nSPS) is 19.1. The van der Waals surface area contributed by atoms with Gasteiger partial charge in [-0.25, -0.2) is 9.79 Å². The molecule has 0 spiro atoms. The second kappa shape index (κ2) is 21.4. The maximum atomic E-state index is 14.3. The van der Waals surface area contributed by atoms with Crippen LogP contribution in [0.25, 0.3) is 0 Å². The van der Waals surface area contributed by atoms with Gasteiger partial charge in [0.05, 0.1) is 24.8 Å². The van der Waals surface area contributed by atoms with E-state index in [-0.39, 0.29) is 35.7 Å². The van der Waals surface area contributed by atoms with Crippen LogP contribution in [-0.4, -0.2) is 131 Å². The fraction of sp³-hybridized carbons (Fsp3) is 0.523. The lowest BCUT2D eigenvalue weighted by molar-refractivity contribution is -0.146. The Labute approximate surface area is 359 Å². The summed E-state index contributed by atoms with van der Waals surface area (Å²) < 4.78 is 0. The van der Waals surface area contributed by atoms with Crippen LogP contribution in [0.1, 0.15) is 78.8 Å². The van der Waals surface area contributed by atoms with Gasteiger partial charge >= 0.3 is 6.03 Å². The Morgan fingerprint density at radius 2 is 1.80 bits per heavy atom. The number of hydrogen-bond acceptors (Lipinski definition) is 9. The molecule has 0 unspecified atom stereocenters. The van der Waals surface area contributed by atoms with E-state index in [0.717, 1.165) is 18.3 Å². The van der Waals surface area contributed by atoms with E-state index >= 15 is 0 Å². The van der Waals surface area contributed by atoms with Gasteiger partial charge in [0.1, 0.15) is 29.5 Å². The van der Waals surface area contributed by atoms with E-state index in [4.69, 9.17) is 5.41 Å². The van der Waals surface area contributed by atoms with Gasteiger partial charge in [0.2, 0.25) is 23.6 Å². The molecule has 3 aliphatic rings. The van der Waals surface area contributed by atoms with E-state index in [0.29, 0.717) is 49.9 Å². The van der Waals surface area contributed by atoms with E-state index in [1.165, 1.54) is 38.2 Å². The number of nitrogens with zero attached hydrogens (tertiary/aromatic N) is 6. The lowest BCUT2D eigenvalue weighted by Crippen LogP contribution is -2.67. The largest absolute Gasteiger partial charge is 0.347 e. The lowest BCUT2D eigenvalue weighted by Gasteiger charge is -2.43. The molecule has 1 saturated heterocycles. The van der Waals surface area contributed by atoms with E-state index in [1.54, 1.807) is 66.3 Å². The van der Waals surface area contributed by atoms with Crippen molar-refractivity contribution in [3.8, 4) is 0 Å². The molecule has 7 amide bonds. The minimum absolute atomic E-state index is 0.0155. The number of carbonyl (C=O) groups is 6. The molecule has 330 valence electrons. The molecule has 3 heterocycles. The molecular formula is C44H63N11O6. The molecule has 17 nitrogen and oxygen atoms in total. The van der Waals surface area contributed by atoms with Crippen molar-refractivity contribution in [2.75, 3.05) is 39.5 Å². The monoisotopic (exact) mass is 841 g/mol. The Kier molecular flexibility index (Phi) is 16.7. The number of nitrogens with one attached hydrogen (secondary N) is 5. The number of allylic oxidation sites excluding steroid dienone is 3. The van der Waals surface area contributed by atoms with E-state index in [2.05, 4.69) is 31.2 Å². The van der Waals surface area contributed by atoms with Crippen molar-refractivity contribution in [1.82, 2.24) is 40.5 Å². The number of amides is 7. The summed E-state index contributed by atoms with van der Waals surface area (Å²) in [6, 6.07) is 0.657. The molecule has 1 aromatic heterocycles. The topological polar surface area (TPSA) is 213 Å². The molecule has 0 radical (unpaired) electrons. The average Bonchev–Trinajstić information content (AvgIpc) is 3.70. The molecule has 1 saturated carbocycles. The zero-order chi connectivity index (χ0) is 45.0. The van der Waals surface area contributed by atoms with Crippen molar-refractivity contribution in [3.63, 3.8) is 0 Å². The second-order valence-corrected chi connectivity index (χ2v) is 16.7. The maximum absolute atomic E-state index is 14.3. The van der Waals surface area contributed by atoms with Crippen molar-refractivity contribution < 1.29 is 28.8 Å². The van der Waals surface area contributed by atoms with Crippen molar-refractivity contribution >= 4 is 53.8 Å². The summed E-state index contributed by atoms with van der Waals surface area (Å²) in [5.74, 6) is -2.02. The lowest BCUT2D eigenvalue weighted by atomic mass is 9.75. The van der Waals surface area contributed by atoms with Crippen LogP contribution in [0.5, 0.6) is 0 Å². The van der Waals surface area contributed by atoms with Crippen LogP contribution in [0.15, 0.2) is 70.8 Å². The predicted molar refractivity (Wildman–Crippen MR) is 235 cm³/mol. The molecule has 61 heavy (non-hydrogen) atoms. The number of hydrogen-bond donors (Lipinski definition) is 5. The summed E-state index contributed by atoms with van der Waals surface area (Å²) in [6.07, 6.45) is 15.0. The van der Waals surface area contributed by atoms with Crippen molar-refractivity contribution in [1.29, 1.82) is 5.41 Å². The first-order chi connectivity index (χ1) is 28.9. The number of pyridine rings is 1. The third-order valence-corrected chi connectivity index (χ3v) is 11.0. The van der Waals surface area contributed by atoms with Gasteiger partial charge in [-0.2, -0.15) is 0 Å². The van der Waals surface area contributed by atoms with Crippen LogP contribution in [-0.2, 0) is 24.0 Å². The minimum atomic E-state index is -1.19. The van der Waals surface area contributed by atoms with Gasteiger partial charge in [0.25, 0.3) is 5.91 Å². The smallest absolute Gasteiger partial charge is 0.329 e. The first kappa shape index (κ1) is 47.5. The maximum Gasteiger partial charge on any atom is 0.329 e. The molecule has 3 atom stereocenters. The van der Waals surface area contributed by atoms with E-state index in [9.17, 15) is 28.8 Å². The molecule has 2 aliphatic heterocycles. The minimum Gasteiger partial charge on any atom is -0.347 e. The zero-order valence-corrected chi connectivity index (χ0v) is 36.9. The quantitative estimate of drug-likeness (QED) is 0.0633. The Morgan fingerprint density at radius 1 is 1.08 bits per heavy atom. The fourth-order valence-electron chi connectivity index (χ4n) is 7.29. The highest BCUT2D eigenvalue weighted by molar-refractivity contribution is 6.01.